The van der Waals surface area contributed by atoms with E-state index in [-0.39, 0.29) is 23.8 Å². The van der Waals surface area contributed by atoms with Gasteiger partial charge in [-0.05, 0) is 37.1 Å². The van der Waals surface area contributed by atoms with Crippen molar-refractivity contribution in [1.29, 1.82) is 5.26 Å². The standard InChI is InChI=1S/C20H18ClN7O3S2/c1-3-31-18(30)16-11(2)14(8-22)17(33-16)24-15(29)10-32-20-25-19(27-28-20)26-23-9-12-4-6-13(21)7-5-12/h4-7,9H,3,10H2,1-2H3,(H,24,29)(H2,25,26,27,28)/b23-9+. The molecule has 10 nitrogen and oxygen atoms in total. The van der Waals surface area contributed by atoms with Crippen molar-refractivity contribution in [3.05, 3.63) is 50.9 Å². The van der Waals surface area contributed by atoms with Crippen molar-refractivity contribution in [2.75, 3.05) is 23.1 Å². The first-order valence-electron chi connectivity index (χ1n) is 9.51. The predicted molar refractivity (Wildman–Crippen MR) is 128 cm³/mol. The number of carbonyl (C=O) groups is 2. The number of nitrogens with zero attached hydrogens (tertiary/aromatic N) is 4. The summed E-state index contributed by atoms with van der Waals surface area (Å²) in [6, 6.07) is 9.16. The van der Waals surface area contributed by atoms with Crippen LogP contribution in [-0.4, -0.2) is 45.6 Å². The molecule has 0 radical (unpaired) electrons. The zero-order valence-corrected chi connectivity index (χ0v) is 19.9. The minimum Gasteiger partial charge on any atom is -0.462 e. The first kappa shape index (κ1) is 24.2. The summed E-state index contributed by atoms with van der Waals surface area (Å²) in [5.41, 5.74) is 4.29. The lowest BCUT2D eigenvalue weighted by Gasteiger charge is -2.01. The number of anilines is 2. The third kappa shape index (κ3) is 6.55. The maximum absolute atomic E-state index is 12.4. The largest absolute Gasteiger partial charge is 0.462 e. The molecule has 3 aromatic rings. The molecule has 2 heterocycles. The fourth-order valence-corrected chi connectivity index (χ4v) is 4.29. The Morgan fingerprint density at radius 1 is 1.39 bits per heavy atom. The molecule has 1 aromatic carbocycles. The Bertz CT molecular complexity index is 1220. The van der Waals surface area contributed by atoms with Gasteiger partial charge in [0.15, 0.2) is 0 Å². The van der Waals surface area contributed by atoms with Crippen molar-refractivity contribution < 1.29 is 14.3 Å². The highest BCUT2D eigenvalue weighted by molar-refractivity contribution is 7.99. The molecule has 0 saturated heterocycles. The monoisotopic (exact) mass is 503 g/mol. The summed E-state index contributed by atoms with van der Waals surface area (Å²) in [6.07, 6.45) is 1.60. The Morgan fingerprint density at radius 3 is 2.85 bits per heavy atom. The van der Waals surface area contributed by atoms with Crippen LogP contribution in [0.25, 0.3) is 0 Å². The maximum Gasteiger partial charge on any atom is 0.348 e. The lowest BCUT2D eigenvalue weighted by Crippen LogP contribution is -2.14. The highest BCUT2D eigenvalue weighted by Gasteiger charge is 2.22. The highest BCUT2D eigenvalue weighted by atomic mass is 35.5. The van der Waals surface area contributed by atoms with E-state index in [2.05, 4.69) is 31.0 Å². The smallest absolute Gasteiger partial charge is 0.348 e. The Morgan fingerprint density at radius 2 is 2.15 bits per heavy atom. The number of hydrazone groups is 1. The number of nitriles is 1. The molecule has 3 rings (SSSR count). The van der Waals surface area contributed by atoms with Crippen molar-refractivity contribution >= 4 is 63.7 Å². The number of hydrogen-bond donors (Lipinski definition) is 3. The number of carbonyl (C=O) groups excluding carboxylic acids is 2. The Balaban J connectivity index is 1.54. The summed E-state index contributed by atoms with van der Waals surface area (Å²) in [4.78, 5) is 28.9. The molecule has 0 aliphatic heterocycles. The van der Waals surface area contributed by atoms with Gasteiger partial charge >= 0.3 is 5.97 Å². The van der Waals surface area contributed by atoms with Gasteiger partial charge in [0.25, 0.3) is 0 Å². The van der Waals surface area contributed by atoms with Crippen LogP contribution in [0.15, 0.2) is 34.5 Å². The zero-order valence-electron chi connectivity index (χ0n) is 17.5. The SMILES string of the molecule is CCOC(=O)c1sc(NC(=O)CSc2n[nH]c(N/N=C/c3ccc(Cl)cc3)n2)c(C#N)c1C. The van der Waals surface area contributed by atoms with Crippen LogP contribution in [0, 0.1) is 18.3 Å². The number of halogens is 1. The third-order valence-corrected chi connectivity index (χ3v) is 6.31. The number of thioether (sulfide) groups is 1. The zero-order chi connectivity index (χ0) is 23.8. The van der Waals surface area contributed by atoms with E-state index in [0.717, 1.165) is 28.7 Å². The minimum absolute atomic E-state index is 0.00188. The van der Waals surface area contributed by atoms with E-state index in [4.69, 9.17) is 16.3 Å². The summed E-state index contributed by atoms with van der Waals surface area (Å²) < 4.78 is 5.00. The molecule has 0 aliphatic carbocycles. The molecule has 0 fully saturated rings. The average molecular weight is 504 g/mol. The molecule has 0 spiro atoms. The predicted octanol–water partition coefficient (Wildman–Crippen LogP) is 4.05. The van der Waals surface area contributed by atoms with Gasteiger partial charge in [-0.2, -0.15) is 15.3 Å². The normalized spacial score (nSPS) is 10.7. The van der Waals surface area contributed by atoms with Crippen molar-refractivity contribution in [3.63, 3.8) is 0 Å². The molecule has 0 bridgehead atoms. The number of ether oxygens (including phenoxy) is 1. The summed E-state index contributed by atoms with van der Waals surface area (Å²) >= 11 is 7.95. The number of aromatic nitrogens is 3. The maximum atomic E-state index is 12.4. The molecule has 1 amide bonds. The van der Waals surface area contributed by atoms with Gasteiger partial charge in [-0.1, -0.05) is 35.5 Å². The van der Waals surface area contributed by atoms with Gasteiger partial charge in [0.1, 0.15) is 15.9 Å². The fraction of sp³-hybridized carbons (Fsp3) is 0.200. The van der Waals surface area contributed by atoms with Crippen LogP contribution < -0.4 is 10.7 Å². The topological polar surface area (TPSA) is 145 Å². The number of rotatable bonds is 9. The number of amides is 1. The van der Waals surface area contributed by atoms with E-state index >= 15 is 0 Å². The van der Waals surface area contributed by atoms with E-state index in [0.29, 0.717) is 31.6 Å². The molecule has 0 saturated carbocycles. The second-order valence-corrected chi connectivity index (χ2v) is 8.72. The summed E-state index contributed by atoms with van der Waals surface area (Å²) in [5.74, 6) is -0.580. The van der Waals surface area contributed by atoms with Crippen molar-refractivity contribution in [3.8, 4) is 6.07 Å². The number of aromatic amines is 1. The number of nitrogens with one attached hydrogen (secondary N) is 3. The van der Waals surface area contributed by atoms with Gasteiger partial charge in [0.05, 0.1) is 24.1 Å². The molecule has 0 aliphatic rings. The Labute approximate surface area is 202 Å². The molecular formula is C20H18ClN7O3S2. The fourth-order valence-electron chi connectivity index (χ4n) is 2.50. The Hall–Kier alpha value is -3.40. The molecule has 13 heteroatoms. The van der Waals surface area contributed by atoms with Gasteiger partial charge < -0.3 is 10.1 Å². The average Bonchev–Trinajstić information content (AvgIpc) is 3.37. The van der Waals surface area contributed by atoms with Gasteiger partial charge in [-0.3, -0.25) is 4.79 Å². The number of hydrogen-bond acceptors (Lipinski definition) is 10. The quantitative estimate of drug-likeness (QED) is 0.171. The number of H-pyrrole nitrogens is 1. The van der Waals surface area contributed by atoms with Crippen LogP contribution in [0.2, 0.25) is 5.02 Å². The molecule has 33 heavy (non-hydrogen) atoms. The molecular weight excluding hydrogens is 486 g/mol. The van der Waals surface area contributed by atoms with Gasteiger partial charge in [0.2, 0.25) is 17.0 Å². The second kappa shape index (κ2) is 11.5. The van der Waals surface area contributed by atoms with E-state index < -0.39 is 5.97 Å². The summed E-state index contributed by atoms with van der Waals surface area (Å²) in [5, 5.41) is 24.1. The molecule has 170 valence electrons. The molecule has 0 atom stereocenters. The van der Waals surface area contributed by atoms with E-state index in [9.17, 15) is 14.9 Å². The van der Waals surface area contributed by atoms with Crippen LogP contribution in [0.5, 0.6) is 0 Å². The van der Waals surface area contributed by atoms with E-state index in [1.54, 1.807) is 32.2 Å². The van der Waals surface area contributed by atoms with Crippen LogP contribution in [-0.2, 0) is 9.53 Å². The van der Waals surface area contributed by atoms with Gasteiger partial charge in [0, 0.05) is 5.02 Å². The van der Waals surface area contributed by atoms with Crippen LogP contribution in [0.1, 0.15) is 33.3 Å². The summed E-state index contributed by atoms with van der Waals surface area (Å²) in [7, 11) is 0. The first-order valence-corrected chi connectivity index (χ1v) is 11.7. The molecule has 0 unspecified atom stereocenters. The van der Waals surface area contributed by atoms with Crippen LogP contribution >= 0.6 is 34.7 Å². The van der Waals surface area contributed by atoms with Crippen molar-refractivity contribution in [2.45, 2.75) is 19.0 Å². The second-order valence-electron chi connectivity index (χ2n) is 6.32. The summed E-state index contributed by atoms with van der Waals surface area (Å²) in [6.45, 7) is 3.56. The van der Waals surface area contributed by atoms with Crippen LogP contribution in [0.4, 0.5) is 10.9 Å². The number of esters is 1. The molecule has 2 aromatic heterocycles. The Kier molecular flexibility index (Phi) is 8.42. The lowest BCUT2D eigenvalue weighted by atomic mass is 10.2. The third-order valence-electron chi connectivity index (χ3n) is 4.02. The van der Waals surface area contributed by atoms with Gasteiger partial charge in [-0.25, -0.2) is 15.3 Å². The van der Waals surface area contributed by atoms with Crippen molar-refractivity contribution in [2.24, 2.45) is 5.10 Å². The number of thiophene rings is 1. The minimum atomic E-state index is -0.522. The van der Waals surface area contributed by atoms with E-state index in [1.807, 2.05) is 18.2 Å². The van der Waals surface area contributed by atoms with Crippen molar-refractivity contribution in [1.82, 2.24) is 15.2 Å². The lowest BCUT2D eigenvalue weighted by molar-refractivity contribution is -0.113. The van der Waals surface area contributed by atoms with Crippen LogP contribution in [0.3, 0.4) is 0 Å². The van der Waals surface area contributed by atoms with Gasteiger partial charge in [-0.15, -0.1) is 16.4 Å². The first-order chi connectivity index (χ1) is 15.9. The molecule has 3 N–H and O–H groups in total. The number of benzene rings is 1. The van der Waals surface area contributed by atoms with E-state index in [1.165, 1.54) is 0 Å². The highest BCUT2D eigenvalue weighted by Crippen LogP contribution is 2.33.